The van der Waals surface area contributed by atoms with E-state index in [1.54, 1.807) is 42.5 Å². The number of ether oxygens (including phenoxy) is 4. The zero-order valence-electron chi connectivity index (χ0n) is 18.7. The molecule has 9 nitrogen and oxygen atoms in total. The lowest BCUT2D eigenvalue weighted by Crippen LogP contribution is -2.14. The van der Waals surface area contributed by atoms with Gasteiger partial charge in [0, 0.05) is 18.6 Å². The van der Waals surface area contributed by atoms with Gasteiger partial charge < -0.3 is 29.4 Å². The van der Waals surface area contributed by atoms with Crippen LogP contribution in [0, 0.1) is 0 Å². The zero-order valence-corrected chi connectivity index (χ0v) is 19.5. The van der Waals surface area contributed by atoms with Crippen LogP contribution in [0.25, 0.3) is 6.08 Å². The Bertz CT molecular complexity index is 1080. The van der Waals surface area contributed by atoms with Crippen molar-refractivity contribution in [2.24, 2.45) is 0 Å². The summed E-state index contributed by atoms with van der Waals surface area (Å²) >= 11 is 0.274. The lowest BCUT2D eigenvalue weighted by atomic mass is 10.1. The number of anilines is 1. The third kappa shape index (κ3) is 6.84. The van der Waals surface area contributed by atoms with Crippen LogP contribution >= 0.6 is 0 Å². The average molecular weight is 476 g/mol. The van der Waals surface area contributed by atoms with E-state index in [0.29, 0.717) is 44.7 Å². The third-order valence-corrected chi connectivity index (χ3v) is 5.12. The van der Waals surface area contributed by atoms with Crippen molar-refractivity contribution in [2.75, 3.05) is 33.8 Å². The first-order chi connectivity index (χ1) is 15.9. The van der Waals surface area contributed by atoms with E-state index in [1.165, 1.54) is 28.4 Å². The van der Waals surface area contributed by atoms with E-state index in [4.69, 9.17) is 24.1 Å². The van der Waals surface area contributed by atoms with Gasteiger partial charge in [0.15, 0.2) is 0 Å². The van der Waals surface area contributed by atoms with Gasteiger partial charge in [-0.25, -0.2) is 4.21 Å². The van der Waals surface area contributed by atoms with Crippen LogP contribution in [0.1, 0.15) is 24.0 Å². The van der Waals surface area contributed by atoms with E-state index < -0.39 is 11.9 Å². The lowest BCUT2D eigenvalue weighted by Gasteiger charge is -2.13. The number of allylic oxidation sites excluding steroid dienone is 1. The van der Waals surface area contributed by atoms with Crippen molar-refractivity contribution in [1.82, 2.24) is 0 Å². The fraction of sp³-hybridized carbons (Fsp3) is 0.261. The van der Waals surface area contributed by atoms with Crippen LogP contribution in [0.5, 0.6) is 23.0 Å². The Labute approximate surface area is 195 Å². The van der Waals surface area contributed by atoms with Gasteiger partial charge in [-0.3, -0.25) is 9.59 Å². The van der Waals surface area contributed by atoms with Gasteiger partial charge in [0.2, 0.25) is 5.91 Å². The van der Waals surface area contributed by atoms with Crippen LogP contribution < -0.4 is 24.3 Å². The molecule has 0 radical (unpaired) electrons. The maximum absolute atomic E-state index is 12.1. The molecule has 1 amide bonds. The van der Waals surface area contributed by atoms with Gasteiger partial charge in [-0.1, -0.05) is 0 Å². The molecule has 0 heterocycles. The second-order valence-corrected chi connectivity index (χ2v) is 7.19. The van der Waals surface area contributed by atoms with Crippen molar-refractivity contribution in [3.8, 4) is 23.0 Å². The Morgan fingerprint density at radius 1 is 0.939 bits per heavy atom. The third-order valence-electron chi connectivity index (χ3n) is 4.57. The number of carboxylic acids is 1. The molecule has 0 atom stereocenters. The minimum absolute atomic E-state index is 0.188. The van der Waals surface area contributed by atoms with Crippen molar-refractivity contribution in [2.45, 2.75) is 12.8 Å². The van der Waals surface area contributed by atoms with Gasteiger partial charge in [0.25, 0.3) is 0 Å². The molecule has 0 fully saturated rings. The maximum Gasteiger partial charge on any atom is 0.303 e. The fourth-order valence-electron chi connectivity index (χ4n) is 2.92. The zero-order chi connectivity index (χ0) is 24.4. The highest BCUT2D eigenvalue weighted by atomic mass is 32.1. The molecule has 176 valence electrons. The minimum Gasteiger partial charge on any atom is -0.496 e. The maximum atomic E-state index is 12.1. The van der Waals surface area contributed by atoms with Crippen molar-refractivity contribution in [3.05, 3.63) is 47.5 Å². The van der Waals surface area contributed by atoms with E-state index in [1.807, 2.05) is 0 Å². The van der Waals surface area contributed by atoms with Gasteiger partial charge in [-0.2, -0.15) is 0 Å². The second-order valence-electron chi connectivity index (χ2n) is 6.58. The first-order valence-corrected chi connectivity index (χ1v) is 10.5. The normalized spacial score (nSPS) is 10.4. The summed E-state index contributed by atoms with van der Waals surface area (Å²) < 4.78 is 33.2. The van der Waals surface area contributed by atoms with Crippen LogP contribution in [0.3, 0.4) is 0 Å². The summed E-state index contributed by atoms with van der Waals surface area (Å²) in [6, 6.07) is 8.28. The molecule has 2 rings (SSSR count). The van der Waals surface area contributed by atoms with E-state index in [-0.39, 0.29) is 24.1 Å². The standard InChI is InChI=1S/C23H25NO8S/c1-29-15-12-19(31-3)16(20(13-15)32-4)6-8-21(33-28)14-5-7-18(30-2)17(11-14)24-22(25)9-10-23(26)27/h5-8,11-13H,9-10H2,1-4H3,(H,24,25)(H,26,27). The minimum atomic E-state index is -1.07. The highest BCUT2D eigenvalue weighted by Gasteiger charge is 2.14. The summed E-state index contributed by atoms with van der Waals surface area (Å²) in [5, 5.41) is 11.4. The summed E-state index contributed by atoms with van der Waals surface area (Å²) in [5.74, 6) is 0.380. The molecule has 10 heteroatoms. The van der Waals surface area contributed by atoms with Crippen LogP contribution in [0.4, 0.5) is 5.69 Å². The smallest absolute Gasteiger partial charge is 0.303 e. The SMILES string of the molecule is COc1cc(OC)c(C=CC(=S=O)c2ccc(OC)c(NC(=O)CCC(=O)O)c2)c(OC)c1. The fourth-order valence-corrected chi connectivity index (χ4v) is 3.27. The Hall–Kier alpha value is -3.79. The molecule has 2 N–H and O–H groups in total. The number of hydrogen-bond donors (Lipinski definition) is 2. The number of carbonyl (C=O) groups excluding carboxylic acids is 1. The Kier molecular flexibility index (Phi) is 9.49. The van der Waals surface area contributed by atoms with Crippen molar-refractivity contribution in [3.63, 3.8) is 0 Å². The molecule has 2 aromatic carbocycles. The van der Waals surface area contributed by atoms with E-state index in [2.05, 4.69) is 5.32 Å². The highest BCUT2D eigenvalue weighted by Crippen LogP contribution is 2.35. The number of amides is 1. The van der Waals surface area contributed by atoms with Crippen molar-refractivity contribution >= 4 is 39.8 Å². The first-order valence-electron chi connectivity index (χ1n) is 9.71. The number of carbonyl (C=O) groups is 2. The number of methoxy groups -OCH3 is 4. The summed E-state index contributed by atoms with van der Waals surface area (Å²) in [7, 11) is 6.01. The summed E-state index contributed by atoms with van der Waals surface area (Å²) in [6.45, 7) is 0. The Balaban J connectivity index is 2.38. The van der Waals surface area contributed by atoms with Crippen molar-refractivity contribution < 1.29 is 37.9 Å². The predicted octanol–water partition coefficient (Wildman–Crippen LogP) is 2.97. The van der Waals surface area contributed by atoms with Crippen LogP contribution in [0.2, 0.25) is 0 Å². The van der Waals surface area contributed by atoms with E-state index in [9.17, 15) is 13.8 Å². The molecular weight excluding hydrogens is 450 g/mol. The van der Waals surface area contributed by atoms with E-state index >= 15 is 0 Å². The molecule has 0 aromatic heterocycles. The highest BCUT2D eigenvalue weighted by molar-refractivity contribution is 7.67. The van der Waals surface area contributed by atoms with Gasteiger partial charge in [-0.15, -0.1) is 0 Å². The molecule has 0 saturated heterocycles. The number of aliphatic carboxylic acids is 1. The number of hydrogen-bond acceptors (Lipinski definition) is 7. The topological polar surface area (TPSA) is 120 Å². The van der Waals surface area contributed by atoms with Gasteiger partial charge in [-0.05, 0) is 35.9 Å². The van der Waals surface area contributed by atoms with Crippen LogP contribution in [0.15, 0.2) is 36.4 Å². The number of carboxylic acid groups (broad SMARTS) is 1. The molecule has 0 aliphatic carbocycles. The molecule has 0 unspecified atom stereocenters. The second kappa shape index (κ2) is 12.3. The van der Waals surface area contributed by atoms with Gasteiger partial charge >= 0.3 is 5.97 Å². The molecule has 0 aliphatic heterocycles. The van der Waals surface area contributed by atoms with E-state index in [0.717, 1.165) is 0 Å². The number of rotatable bonds is 11. The molecule has 0 saturated carbocycles. The molecule has 0 spiro atoms. The van der Waals surface area contributed by atoms with Crippen LogP contribution in [-0.2, 0) is 20.8 Å². The number of benzene rings is 2. The summed E-state index contributed by atoms with van der Waals surface area (Å²) in [5.41, 5.74) is 1.47. The molecule has 0 bridgehead atoms. The molecule has 33 heavy (non-hydrogen) atoms. The van der Waals surface area contributed by atoms with Crippen LogP contribution in [-0.4, -0.2) is 54.5 Å². The summed E-state index contributed by atoms with van der Waals surface area (Å²) in [6.07, 6.45) is 2.82. The average Bonchev–Trinajstić information content (AvgIpc) is 2.82. The van der Waals surface area contributed by atoms with Crippen molar-refractivity contribution in [1.29, 1.82) is 0 Å². The quantitative estimate of drug-likeness (QED) is 0.289. The lowest BCUT2D eigenvalue weighted by molar-refractivity contribution is -0.138. The predicted molar refractivity (Wildman–Crippen MR) is 126 cm³/mol. The largest absolute Gasteiger partial charge is 0.496 e. The summed E-state index contributed by atoms with van der Waals surface area (Å²) in [4.78, 5) is 23.1. The Morgan fingerprint density at radius 3 is 2.09 bits per heavy atom. The first kappa shape index (κ1) is 25.5. The van der Waals surface area contributed by atoms with Gasteiger partial charge in [0.05, 0.1) is 62.2 Å². The number of nitrogens with one attached hydrogen (secondary N) is 1. The molecule has 2 aromatic rings. The molecule has 0 aliphatic rings. The monoisotopic (exact) mass is 475 g/mol. The Morgan fingerprint density at radius 2 is 1.58 bits per heavy atom. The molecular formula is C23H25NO8S. The van der Waals surface area contributed by atoms with Gasteiger partial charge in [0.1, 0.15) is 23.0 Å².